The van der Waals surface area contributed by atoms with E-state index in [1.165, 1.54) is 161 Å². The van der Waals surface area contributed by atoms with Gasteiger partial charge in [0.05, 0.1) is 26.4 Å². The lowest BCUT2D eigenvalue weighted by Gasteiger charge is -2.21. The first-order valence-electron chi connectivity index (χ1n) is 38.9. The number of carbonyl (C=O) groups excluding carboxylic acids is 4. The van der Waals surface area contributed by atoms with Crippen molar-refractivity contribution in [2.75, 3.05) is 39.6 Å². The first-order valence-corrected chi connectivity index (χ1v) is 41.9. The molecule has 0 amide bonds. The predicted octanol–water partition coefficient (Wildman–Crippen LogP) is 21.9. The Bertz CT molecular complexity index is 1940. The molecule has 0 aliphatic carbocycles. The maximum atomic E-state index is 13.1. The van der Waals surface area contributed by atoms with Crippen LogP contribution in [0.2, 0.25) is 0 Å². The van der Waals surface area contributed by atoms with Crippen molar-refractivity contribution in [2.45, 2.75) is 387 Å². The molecule has 0 spiro atoms. The van der Waals surface area contributed by atoms with Crippen LogP contribution in [0.15, 0.2) is 24.3 Å². The number of rotatable bonds is 73. The van der Waals surface area contributed by atoms with Crippen LogP contribution in [0.4, 0.5) is 0 Å². The molecule has 0 radical (unpaired) electrons. The summed E-state index contributed by atoms with van der Waals surface area (Å²) in [4.78, 5) is 72.8. The summed E-state index contributed by atoms with van der Waals surface area (Å²) in [6.45, 7) is 9.48. The minimum Gasteiger partial charge on any atom is -0.462 e. The molecule has 560 valence electrons. The Balaban J connectivity index is 5.28. The maximum absolute atomic E-state index is 13.1. The van der Waals surface area contributed by atoms with Crippen molar-refractivity contribution in [3.8, 4) is 0 Å². The minimum atomic E-state index is -4.96. The van der Waals surface area contributed by atoms with Crippen molar-refractivity contribution < 1.29 is 80.2 Å². The zero-order valence-corrected chi connectivity index (χ0v) is 63.2. The first kappa shape index (κ1) is 92.5. The van der Waals surface area contributed by atoms with E-state index in [2.05, 4.69) is 65.8 Å². The molecule has 0 aromatic rings. The Morgan fingerprint density at radius 1 is 0.337 bits per heavy atom. The van der Waals surface area contributed by atoms with Crippen LogP contribution in [0.25, 0.3) is 0 Å². The number of phosphoric ester groups is 2. The van der Waals surface area contributed by atoms with Crippen LogP contribution in [0, 0.1) is 11.8 Å². The average molecular weight is 1390 g/mol. The summed E-state index contributed by atoms with van der Waals surface area (Å²) in [5.41, 5.74) is 0. The number of carbonyl (C=O) groups is 4. The number of ether oxygens (including phenoxy) is 4. The number of unbranched alkanes of at least 4 members (excludes halogenated alkanes) is 38. The van der Waals surface area contributed by atoms with Gasteiger partial charge in [-0.05, 0) is 63.2 Å². The zero-order valence-electron chi connectivity index (χ0n) is 61.5. The van der Waals surface area contributed by atoms with E-state index in [0.717, 1.165) is 127 Å². The molecule has 0 heterocycles. The summed E-state index contributed by atoms with van der Waals surface area (Å²) < 4.78 is 68.5. The zero-order chi connectivity index (χ0) is 70.0. The summed E-state index contributed by atoms with van der Waals surface area (Å²) in [5.74, 6) is -0.652. The molecule has 3 N–H and O–H groups in total. The van der Waals surface area contributed by atoms with Gasteiger partial charge in [0.1, 0.15) is 19.3 Å². The molecule has 95 heavy (non-hydrogen) atoms. The third-order valence-electron chi connectivity index (χ3n) is 17.8. The lowest BCUT2D eigenvalue weighted by Crippen LogP contribution is -2.30. The summed E-state index contributed by atoms with van der Waals surface area (Å²) in [5, 5.41) is 10.6. The number of esters is 4. The number of hydrogen-bond acceptors (Lipinski definition) is 15. The maximum Gasteiger partial charge on any atom is 0.472 e. The van der Waals surface area contributed by atoms with Crippen LogP contribution >= 0.6 is 15.6 Å². The molecular weight excluding hydrogens is 1250 g/mol. The van der Waals surface area contributed by atoms with Gasteiger partial charge in [0.15, 0.2) is 12.2 Å². The van der Waals surface area contributed by atoms with Gasteiger partial charge in [-0.1, -0.05) is 316 Å². The van der Waals surface area contributed by atoms with Crippen LogP contribution in [-0.4, -0.2) is 96.7 Å². The van der Waals surface area contributed by atoms with Crippen molar-refractivity contribution in [1.29, 1.82) is 0 Å². The van der Waals surface area contributed by atoms with Crippen LogP contribution in [0.5, 0.6) is 0 Å². The molecule has 0 aliphatic rings. The van der Waals surface area contributed by atoms with E-state index in [4.69, 9.17) is 37.0 Å². The topological polar surface area (TPSA) is 237 Å². The van der Waals surface area contributed by atoms with E-state index in [-0.39, 0.29) is 25.7 Å². The Labute approximate surface area is 580 Å². The van der Waals surface area contributed by atoms with Gasteiger partial charge in [-0.25, -0.2) is 9.13 Å². The molecule has 0 saturated heterocycles. The molecule has 17 nitrogen and oxygen atoms in total. The van der Waals surface area contributed by atoms with Gasteiger partial charge in [0.25, 0.3) is 0 Å². The lowest BCUT2D eigenvalue weighted by molar-refractivity contribution is -0.161. The fourth-order valence-electron chi connectivity index (χ4n) is 11.0. The van der Waals surface area contributed by atoms with Crippen LogP contribution < -0.4 is 0 Å². The van der Waals surface area contributed by atoms with Gasteiger partial charge >= 0.3 is 39.5 Å². The van der Waals surface area contributed by atoms with E-state index >= 15 is 0 Å². The SMILES string of the molecule is CCCCCC/C=C\C=C/CCCCCCCC(=O)OC[C@H](COP(=O)(O)OC[C@@H](O)COP(=O)(O)OC[C@@H](COC(=O)CCCCCCCCC(C)CC)OC(=O)CCCCCCCCCCC(C)CC)OC(=O)CCCCCCCCCCCCCCCCCCCC. The van der Waals surface area contributed by atoms with Crippen LogP contribution in [-0.2, 0) is 65.4 Å². The Hall–Kier alpha value is -2.46. The van der Waals surface area contributed by atoms with Crippen molar-refractivity contribution in [3.05, 3.63) is 24.3 Å². The molecule has 0 bridgehead atoms. The molecule has 0 aliphatic heterocycles. The number of phosphoric acid groups is 2. The number of aliphatic hydroxyl groups excluding tert-OH is 1. The molecular formula is C76H144O17P2. The quantitative estimate of drug-likeness (QED) is 0.0169. The van der Waals surface area contributed by atoms with E-state index < -0.39 is 97.5 Å². The fraction of sp³-hybridized carbons (Fsp3) is 0.895. The third kappa shape index (κ3) is 67.2. The molecule has 7 atom stereocenters. The summed E-state index contributed by atoms with van der Waals surface area (Å²) >= 11 is 0. The highest BCUT2D eigenvalue weighted by molar-refractivity contribution is 7.47. The number of allylic oxidation sites excluding steroid dienone is 4. The lowest BCUT2D eigenvalue weighted by atomic mass is 9.99. The second-order valence-electron chi connectivity index (χ2n) is 27.2. The monoisotopic (exact) mass is 1390 g/mol. The Morgan fingerprint density at radius 2 is 0.589 bits per heavy atom. The van der Waals surface area contributed by atoms with Crippen molar-refractivity contribution >= 4 is 39.5 Å². The molecule has 0 aromatic heterocycles. The van der Waals surface area contributed by atoms with Crippen molar-refractivity contribution in [2.24, 2.45) is 11.8 Å². The Morgan fingerprint density at radius 3 is 0.895 bits per heavy atom. The molecule has 19 heteroatoms. The van der Waals surface area contributed by atoms with Gasteiger partial charge < -0.3 is 33.8 Å². The van der Waals surface area contributed by atoms with E-state index in [1.54, 1.807) is 0 Å². The van der Waals surface area contributed by atoms with E-state index in [0.29, 0.717) is 25.7 Å². The van der Waals surface area contributed by atoms with Gasteiger partial charge in [-0.2, -0.15) is 0 Å². The summed E-state index contributed by atoms with van der Waals surface area (Å²) in [6, 6.07) is 0. The second-order valence-corrected chi connectivity index (χ2v) is 30.1. The minimum absolute atomic E-state index is 0.101. The van der Waals surface area contributed by atoms with Crippen molar-refractivity contribution in [3.63, 3.8) is 0 Å². The highest BCUT2D eigenvalue weighted by Crippen LogP contribution is 2.45. The molecule has 0 rings (SSSR count). The number of aliphatic hydroxyl groups is 1. The molecule has 0 fully saturated rings. The standard InChI is InChI=1S/C76H144O17P2/c1-7-11-13-15-17-19-21-23-25-26-27-29-31-33-35-40-48-54-60-75(80)92-71(64-86-73(78)58-52-46-39-34-32-30-28-24-22-20-18-16-14-12-8-2)66-90-94(82,83)88-62-70(77)63-89-95(84,85)91-67-72(65-87-74(79)59-53-47-43-42-45-51-57-69(6)10-4)93-76(81)61-55-49-41-37-36-38-44-50-56-68(5)9-3/h20,22,24,28,68-72,77H,7-19,21,23,25-27,29-67H2,1-6H3,(H,82,83)(H,84,85)/b22-20-,28-24-/t68?,69?,70-,71-,72-/m1/s1. The smallest absolute Gasteiger partial charge is 0.462 e. The fourth-order valence-corrected chi connectivity index (χ4v) is 12.6. The Kier molecular flexibility index (Phi) is 65.6. The van der Waals surface area contributed by atoms with Crippen LogP contribution in [0.1, 0.15) is 369 Å². The van der Waals surface area contributed by atoms with E-state index in [9.17, 15) is 43.2 Å². The average Bonchev–Trinajstić information content (AvgIpc) is 2.88. The summed E-state index contributed by atoms with van der Waals surface area (Å²) in [6.07, 6.45) is 57.7. The normalized spacial score (nSPS) is 14.7. The summed E-state index contributed by atoms with van der Waals surface area (Å²) in [7, 11) is -9.92. The highest BCUT2D eigenvalue weighted by Gasteiger charge is 2.30. The van der Waals surface area contributed by atoms with Gasteiger partial charge in [0, 0.05) is 25.7 Å². The van der Waals surface area contributed by atoms with Gasteiger partial charge in [-0.3, -0.25) is 37.3 Å². The van der Waals surface area contributed by atoms with Crippen molar-refractivity contribution in [1.82, 2.24) is 0 Å². The second kappa shape index (κ2) is 67.4. The van der Waals surface area contributed by atoms with Crippen LogP contribution in [0.3, 0.4) is 0 Å². The predicted molar refractivity (Wildman–Crippen MR) is 386 cm³/mol. The third-order valence-corrected chi connectivity index (χ3v) is 19.7. The highest BCUT2D eigenvalue weighted by atomic mass is 31.2. The van der Waals surface area contributed by atoms with Gasteiger partial charge in [-0.15, -0.1) is 0 Å². The molecule has 0 aromatic carbocycles. The first-order chi connectivity index (χ1) is 45.9. The molecule has 4 unspecified atom stereocenters. The number of hydrogen-bond donors (Lipinski definition) is 3. The van der Waals surface area contributed by atoms with E-state index in [1.807, 2.05) is 0 Å². The van der Waals surface area contributed by atoms with Gasteiger partial charge in [0.2, 0.25) is 0 Å². The largest absolute Gasteiger partial charge is 0.472 e. The molecule has 0 saturated carbocycles.